The van der Waals surface area contributed by atoms with Crippen molar-refractivity contribution in [3.05, 3.63) is 94.8 Å². The number of aromatic hydroxyl groups is 1. The van der Waals surface area contributed by atoms with Gasteiger partial charge in [-0.05, 0) is 75.8 Å². The number of thioether (sulfide) groups is 1. The number of rotatable bonds is 8. The second-order valence-corrected chi connectivity index (χ2v) is 13.3. The number of nitrogens with one attached hydrogen (secondary N) is 2. The number of phenols is 1. The number of nitrogens with zero attached hydrogens (tertiary/aromatic N) is 2. The van der Waals surface area contributed by atoms with Crippen molar-refractivity contribution in [2.75, 3.05) is 5.88 Å². The lowest BCUT2D eigenvalue weighted by atomic mass is 9.90. The van der Waals surface area contributed by atoms with Crippen molar-refractivity contribution >= 4 is 29.5 Å². The van der Waals surface area contributed by atoms with Crippen LogP contribution in [0, 0.1) is 6.92 Å². The third-order valence-corrected chi connectivity index (χ3v) is 9.77. The van der Waals surface area contributed by atoms with E-state index in [0.717, 1.165) is 36.1 Å². The SMILES string of the molecule is Cc1c(O)cccc1C(=O)NC(Cc1ccccc1)[C@H](O)C(=O)N1CSC(C)(C)C1C(=O)N[C@H]1CCCc2ncccc21. The van der Waals surface area contributed by atoms with E-state index in [1.807, 2.05) is 56.3 Å². The number of fused-ring (bicyclic) bond motifs is 1. The van der Waals surface area contributed by atoms with Crippen LogP contribution in [-0.2, 0) is 22.4 Å². The van der Waals surface area contributed by atoms with Crippen molar-refractivity contribution in [1.82, 2.24) is 20.5 Å². The Kier molecular flexibility index (Phi) is 9.08. The van der Waals surface area contributed by atoms with Crippen LogP contribution in [0.15, 0.2) is 66.9 Å². The van der Waals surface area contributed by atoms with E-state index in [2.05, 4.69) is 15.6 Å². The van der Waals surface area contributed by atoms with E-state index in [4.69, 9.17) is 0 Å². The first-order chi connectivity index (χ1) is 20.6. The Morgan fingerprint density at radius 3 is 2.63 bits per heavy atom. The fourth-order valence-corrected chi connectivity index (χ4v) is 7.13. The van der Waals surface area contributed by atoms with Gasteiger partial charge in [0.2, 0.25) is 5.91 Å². The van der Waals surface area contributed by atoms with Gasteiger partial charge in [0, 0.05) is 27.8 Å². The maximum atomic E-state index is 14.0. The zero-order valence-corrected chi connectivity index (χ0v) is 25.4. The third-order valence-electron chi connectivity index (χ3n) is 8.40. The molecule has 4 N–H and O–H groups in total. The largest absolute Gasteiger partial charge is 0.508 e. The highest BCUT2D eigenvalue weighted by Crippen LogP contribution is 2.40. The van der Waals surface area contributed by atoms with E-state index in [1.165, 1.54) is 22.7 Å². The van der Waals surface area contributed by atoms with Crippen molar-refractivity contribution in [2.24, 2.45) is 0 Å². The molecule has 1 aromatic heterocycles. The van der Waals surface area contributed by atoms with Crippen LogP contribution in [0.1, 0.15) is 65.5 Å². The summed E-state index contributed by atoms with van der Waals surface area (Å²) in [7, 11) is 0. The summed E-state index contributed by atoms with van der Waals surface area (Å²) in [6, 6.07) is 15.7. The molecule has 9 nitrogen and oxygen atoms in total. The zero-order valence-electron chi connectivity index (χ0n) is 24.6. The predicted octanol–water partition coefficient (Wildman–Crippen LogP) is 3.67. The number of pyridine rings is 1. The standard InChI is InChI=1S/C33H38N4O5S/c1-20-22(12-7-16-27(20)38)30(40)36-26(18-21-10-5-4-6-11-21)28(39)32(42)37-19-43-33(2,3)29(37)31(41)35-25-15-8-14-24-23(25)13-9-17-34-24/h4-7,9-13,16-17,25-26,28-29,38-39H,8,14-15,18-19H2,1-3H3,(H,35,41)(H,36,40)/t25-,26?,28-,29?/m0/s1. The van der Waals surface area contributed by atoms with Gasteiger partial charge < -0.3 is 25.7 Å². The number of aryl methyl sites for hydroxylation is 1. The van der Waals surface area contributed by atoms with Crippen LogP contribution in [0.25, 0.3) is 0 Å². The van der Waals surface area contributed by atoms with E-state index < -0.39 is 34.7 Å². The Bertz CT molecular complexity index is 1500. The number of amides is 3. The van der Waals surface area contributed by atoms with Crippen molar-refractivity contribution in [2.45, 2.75) is 75.4 Å². The molecule has 4 atom stereocenters. The van der Waals surface area contributed by atoms with Gasteiger partial charge in [0.15, 0.2) is 6.10 Å². The minimum absolute atomic E-state index is 0.0227. The zero-order chi connectivity index (χ0) is 30.7. The molecular formula is C33H38N4O5S. The van der Waals surface area contributed by atoms with E-state index in [-0.39, 0.29) is 35.6 Å². The second-order valence-electron chi connectivity index (χ2n) is 11.7. The lowest BCUT2D eigenvalue weighted by Gasteiger charge is -2.35. The fraction of sp³-hybridized carbons (Fsp3) is 0.394. The summed E-state index contributed by atoms with van der Waals surface area (Å²) in [5.41, 5.74) is 3.44. The summed E-state index contributed by atoms with van der Waals surface area (Å²) in [5, 5.41) is 27.7. The van der Waals surface area contributed by atoms with Crippen LogP contribution in [0.4, 0.5) is 0 Å². The molecule has 2 aromatic carbocycles. The van der Waals surface area contributed by atoms with E-state index in [0.29, 0.717) is 5.56 Å². The minimum atomic E-state index is -1.62. The normalized spacial score (nSPS) is 20.5. The van der Waals surface area contributed by atoms with Crippen LogP contribution in [-0.4, -0.2) is 66.6 Å². The Morgan fingerprint density at radius 2 is 1.86 bits per heavy atom. The predicted molar refractivity (Wildman–Crippen MR) is 165 cm³/mol. The van der Waals surface area contributed by atoms with Gasteiger partial charge in [0.25, 0.3) is 11.8 Å². The van der Waals surface area contributed by atoms with Crippen LogP contribution in [0.2, 0.25) is 0 Å². The molecule has 0 saturated carbocycles. The van der Waals surface area contributed by atoms with Gasteiger partial charge in [0.05, 0.1) is 18.0 Å². The Labute approximate surface area is 256 Å². The van der Waals surface area contributed by atoms with Crippen LogP contribution in [0.5, 0.6) is 5.75 Å². The number of aliphatic hydroxyl groups is 1. The minimum Gasteiger partial charge on any atom is -0.508 e. The summed E-state index contributed by atoms with van der Waals surface area (Å²) in [4.78, 5) is 47.1. The summed E-state index contributed by atoms with van der Waals surface area (Å²) in [6.45, 7) is 5.48. The molecule has 0 bridgehead atoms. The van der Waals surface area contributed by atoms with Crippen molar-refractivity contribution in [1.29, 1.82) is 0 Å². The topological polar surface area (TPSA) is 132 Å². The van der Waals surface area contributed by atoms with Crippen molar-refractivity contribution in [3.63, 3.8) is 0 Å². The Hall–Kier alpha value is -3.89. The number of carbonyl (C=O) groups excluding carboxylic acids is 3. The average molecular weight is 603 g/mol. The van der Waals surface area contributed by atoms with Crippen molar-refractivity contribution in [3.8, 4) is 5.75 Å². The fourth-order valence-electron chi connectivity index (χ4n) is 5.99. The molecule has 1 aliphatic carbocycles. The number of benzene rings is 2. The summed E-state index contributed by atoms with van der Waals surface area (Å²) < 4.78 is -0.608. The number of aromatic nitrogens is 1. The molecule has 1 aliphatic heterocycles. The molecule has 2 aliphatic rings. The highest BCUT2D eigenvalue weighted by atomic mass is 32.2. The maximum absolute atomic E-state index is 14.0. The molecule has 43 heavy (non-hydrogen) atoms. The summed E-state index contributed by atoms with van der Waals surface area (Å²) in [5.74, 6) is -1.22. The molecule has 2 heterocycles. The van der Waals surface area contributed by atoms with Crippen LogP contribution >= 0.6 is 11.8 Å². The number of carbonyl (C=O) groups is 3. The second kappa shape index (κ2) is 12.8. The quantitative estimate of drug-likeness (QED) is 0.309. The van der Waals surface area contributed by atoms with Gasteiger partial charge in [-0.2, -0.15) is 0 Å². The van der Waals surface area contributed by atoms with Crippen LogP contribution in [0.3, 0.4) is 0 Å². The number of phenolic OH excluding ortho intramolecular Hbond substituents is 1. The van der Waals surface area contributed by atoms with Gasteiger partial charge in [0.1, 0.15) is 11.8 Å². The van der Waals surface area contributed by atoms with E-state index in [9.17, 15) is 24.6 Å². The van der Waals surface area contributed by atoms with Gasteiger partial charge in [-0.15, -0.1) is 11.8 Å². The number of hydrogen-bond acceptors (Lipinski definition) is 7. The maximum Gasteiger partial charge on any atom is 0.254 e. The lowest BCUT2D eigenvalue weighted by molar-refractivity contribution is -0.147. The van der Waals surface area contributed by atoms with Gasteiger partial charge in [-0.25, -0.2) is 0 Å². The Morgan fingerprint density at radius 1 is 1.09 bits per heavy atom. The monoisotopic (exact) mass is 602 g/mol. The first-order valence-corrected chi connectivity index (χ1v) is 15.6. The van der Waals surface area contributed by atoms with Crippen molar-refractivity contribution < 1.29 is 24.6 Å². The lowest BCUT2D eigenvalue weighted by Crippen LogP contribution is -2.59. The first-order valence-electron chi connectivity index (χ1n) is 14.6. The highest BCUT2D eigenvalue weighted by Gasteiger charge is 2.50. The Balaban J connectivity index is 1.38. The summed E-state index contributed by atoms with van der Waals surface area (Å²) in [6.07, 6.45) is 2.87. The van der Waals surface area contributed by atoms with Gasteiger partial charge in [-0.1, -0.05) is 42.5 Å². The molecule has 1 fully saturated rings. The molecule has 1 saturated heterocycles. The van der Waals surface area contributed by atoms with Gasteiger partial charge in [-0.3, -0.25) is 19.4 Å². The molecule has 0 radical (unpaired) electrons. The van der Waals surface area contributed by atoms with Crippen LogP contribution < -0.4 is 10.6 Å². The smallest absolute Gasteiger partial charge is 0.254 e. The van der Waals surface area contributed by atoms with Gasteiger partial charge >= 0.3 is 0 Å². The molecule has 10 heteroatoms. The molecular weight excluding hydrogens is 564 g/mol. The molecule has 3 aromatic rings. The molecule has 0 spiro atoms. The highest BCUT2D eigenvalue weighted by molar-refractivity contribution is 8.00. The molecule has 2 unspecified atom stereocenters. The number of hydrogen-bond donors (Lipinski definition) is 4. The average Bonchev–Trinajstić information content (AvgIpc) is 3.32. The summed E-state index contributed by atoms with van der Waals surface area (Å²) >= 11 is 1.47. The molecule has 5 rings (SSSR count). The van der Waals surface area contributed by atoms with E-state index in [1.54, 1.807) is 25.3 Å². The van der Waals surface area contributed by atoms with E-state index >= 15 is 0 Å². The third kappa shape index (κ3) is 6.55. The molecule has 3 amide bonds. The number of aliphatic hydroxyl groups excluding tert-OH is 1. The molecule has 226 valence electrons. The first kappa shape index (κ1) is 30.6.